The lowest BCUT2D eigenvalue weighted by Gasteiger charge is -2.20. The van der Waals surface area contributed by atoms with Gasteiger partial charge in [0, 0.05) is 12.8 Å². The molecule has 7 heteroatoms. The molecule has 176 valence electrons. The van der Waals surface area contributed by atoms with E-state index in [2.05, 4.69) is 5.32 Å². The number of aliphatic carboxylic acids is 1. The maximum absolute atomic E-state index is 12.2. The van der Waals surface area contributed by atoms with Crippen LogP contribution in [-0.4, -0.2) is 47.1 Å². The van der Waals surface area contributed by atoms with Crippen LogP contribution in [0.4, 0.5) is 0 Å². The number of unbranched alkanes of at least 4 members (excludes halogenated alkanes) is 7. The van der Waals surface area contributed by atoms with E-state index >= 15 is 0 Å². The van der Waals surface area contributed by atoms with Crippen molar-refractivity contribution in [2.24, 2.45) is 5.92 Å². The molecular formula is C23H43NO5S. The smallest absolute Gasteiger partial charge is 0.328 e. The van der Waals surface area contributed by atoms with Crippen molar-refractivity contribution in [1.82, 2.24) is 5.32 Å². The second kappa shape index (κ2) is 19.7. The summed E-state index contributed by atoms with van der Waals surface area (Å²) in [5.74, 6) is 1.17. The van der Waals surface area contributed by atoms with Gasteiger partial charge in [0.1, 0.15) is 6.04 Å². The molecular weight excluding hydrogens is 402 g/mol. The van der Waals surface area contributed by atoms with E-state index in [1.807, 2.05) is 32.5 Å². The van der Waals surface area contributed by atoms with Crippen molar-refractivity contribution < 1.29 is 24.2 Å². The minimum absolute atomic E-state index is 0.0118. The number of hydrogen-bond acceptors (Lipinski definition) is 5. The summed E-state index contributed by atoms with van der Waals surface area (Å²) < 4.78 is 5.25. The second-order valence-corrected chi connectivity index (χ2v) is 9.37. The SMILES string of the molecule is CCCCOC(=O)C(NC(=O)CCCCCCCSCCCCCC(=O)O)C(C)C. The fourth-order valence-electron chi connectivity index (χ4n) is 2.93. The molecule has 0 heterocycles. The van der Waals surface area contributed by atoms with Crippen molar-refractivity contribution in [3.8, 4) is 0 Å². The Kier molecular flexibility index (Phi) is 18.9. The summed E-state index contributed by atoms with van der Waals surface area (Å²) in [5, 5.41) is 11.4. The van der Waals surface area contributed by atoms with Gasteiger partial charge < -0.3 is 15.2 Å². The number of rotatable bonds is 20. The normalized spacial score (nSPS) is 12.0. The molecule has 0 saturated heterocycles. The van der Waals surface area contributed by atoms with Crippen LogP contribution in [0.1, 0.15) is 97.8 Å². The summed E-state index contributed by atoms with van der Waals surface area (Å²) >= 11 is 1.94. The zero-order valence-corrected chi connectivity index (χ0v) is 20.1. The van der Waals surface area contributed by atoms with Gasteiger partial charge in [0.2, 0.25) is 5.91 Å². The monoisotopic (exact) mass is 445 g/mol. The molecule has 6 nitrogen and oxygen atoms in total. The van der Waals surface area contributed by atoms with Crippen LogP contribution in [0, 0.1) is 5.92 Å². The van der Waals surface area contributed by atoms with Crippen molar-refractivity contribution >= 4 is 29.6 Å². The minimum atomic E-state index is -0.704. The average molecular weight is 446 g/mol. The first-order valence-corrected chi connectivity index (χ1v) is 12.8. The Morgan fingerprint density at radius 1 is 0.867 bits per heavy atom. The summed E-state index contributed by atoms with van der Waals surface area (Å²) in [6, 6.07) is -0.560. The molecule has 0 aliphatic heterocycles. The highest BCUT2D eigenvalue weighted by Crippen LogP contribution is 2.13. The van der Waals surface area contributed by atoms with Crippen molar-refractivity contribution in [3.63, 3.8) is 0 Å². The van der Waals surface area contributed by atoms with E-state index in [-0.39, 0.29) is 24.2 Å². The number of carbonyl (C=O) groups excluding carboxylic acids is 2. The van der Waals surface area contributed by atoms with Crippen molar-refractivity contribution in [3.05, 3.63) is 0 Å². The summed E-state index contributed by atoms with van der Waals surface area (Å²) in [6.45, 7) is 6.29. The Balaban J connectivity index is 3.65. The number of amides is 1. The zero-order chi connectivity index (χ0) is 22.6. The average Bonchev–Trinajstić information content (AvgIpc) is 2.69. The number of carboxylic acid groups (broad SMARTS) is 1. The number of nitrogens with one attached hydrogen (secondary N) is 1. The lowest BCUT2D eigenvalue weighted by atomic mass is 10.0. The van der Waals surface area contributed by atoms with Gasteiger partial charge in [-0.2, -0.15) is 11.8 Å². The van der Waals surface area contributed by atoms with Gasteiger partial charge in [0.05, 0.1) is 6.61 Å². The summed E-state index contributed by atoms with van der Waals surface area (Å²) in [4.78, 5) is 34.7. The number of carbonyl (C=O) groups is 3. The maximum Gasteiger partial charge on any atom is 0.328 e. The van der Waals surface area contributed by atoms with E-state index in [9.17, 15) is 14.4 Å². The van der Waals surface area contributed by atoms with Crippen LogP contribution in [0.15, 0.2) is 0 Å². The van der Waals surface area contributed by atoms with Gasteiger partial charge in [-0.15, -0.1) is 0 Å². The fraction of sp³-hybridized carbons (Fsp3) is 0.870. The Morgan fingerprint density at radius 2 is 1.43 bits per heavy atom. The van der Waals surface area contributed by atoms with Crippen LogP contribution in [0.5, 0.6) is 0 Å². The first kappa shape index (κ1) is 28.8. The highest BCUT2D eigenvalue weighted by molar-refractivity contribution is 7.99. The Morgan fingerprint density at radius 3 is 2.03 bits per heavy atom. The van der Waals surface area contributed by atoms with Crippen LogP contribution in [0.25, 0.3) is 0 Å². The Bertz CT molecular complexity index is 471. The minimum Gasteiger partial charge on any atom is -0.481 e. The molecule has 0 aliphatic rings. The molecule has 0 radical (unpaired) electrons. The quantitative estimate of drug-likeness (QED) is 0.198. The van der Waals surface area contributed by atoms with Crippen LogP contribution < -0.4 is 5.32 Å². The zero-order valence-electron chi connectivity index (χ0n) is 19.2. The van der Waals surface area contributed by atoms with Crippen LogP contribution >= 0.6 is 11.8 Å². The van der Waals surface area contributed by atoms with Gasteiger partial charge in [-0.1, -0.05) is 52.9 Å². The van der Waals surface area contributed by atoms with Gasteiger partial charge in [0.25, 0.3) is 0 Å². The van der Waals surface area contributed by atoms with Crippen LogP contribution in [0.2, 0.25) is 0 Å². The Hall–Kier alpha value is -1.24. The number of carboxylic acids is 1. The number of hydrogen-bond donors (Lipinski definition) is 2. The predicted molar refractivity (Wildman–Crippen MR) is 124 cm³/mol. The summed E-state index contributed by atoms with van der Waals surface area (Å²) in [5.41, 5.74) is 0. The molecule has 0 spiro atoms. The molecule has 0 aromatic rings. The lowest BCUT2D eigenvalue weighted by molar-refractivity contribution is -0.149. The molecule has 0 aromatic carbocycles. The van der Waals surface area contributed by atoms with Crippen molar-refractivity contribution in [1.29, 1.82) is 0 Å². The molecule has 0 rings (SSSR count). The topological polar surface area (TPSA) is 92.7 Å². The molecule has 2 N–H and O–H groups in total. The lowest BCUT2D eigenvalue weighted by Crippen LogP contribution is -2.45. The van der Waals surface area contributed by atoms with Crippen LogP contribution in [0.3, 0.4) is 0 Å². The Labute approximate surface area is 187 Å². The van der Waals surface area contributed by atoms with Crippen LogP contribution in [-0.2, 0) is 19.1 Å². The highest BCUT2D eigenvalue weighted by Gasteiger charge is 2.25. The van der Waals surface area contributed by atoms with Gasteiger partial charge in [-0.05, 0) is 49.5 Å². The third-order valence-electron chi connectivity index (χ3n) is 4.85. The van der Waals surface area contributed by atoms with Gasteiger partial charge >= 0.3 is 11.9 Å². The molecule has 0 aromatic heterocycles. The predicted octanol–water partition coefficient (Wildman–Crippen LogP) is 5.19. The molecule has 30 heavy (non-hydrogen) atoms. The van der Waals surface area contributed by atoms with Gasteiger partial charge in [-0.3, -0.25) is 9.59 Å². The van der Waals surface area contributed by atoms with E-state index in [0.29, 0.717) is 13.0 Å². The summed E-state index contributed by atoms with van der Waals surface area (Å²) in [7, 11) is 0. The van der Waals surface area contributed by atoms with E-state index < -0.39 is 12.0 Å². The first-order valence-electron chi connectivity index (χ1n) is 11.6. The largest absolute Gasteiger partial charge is 0.481 e. The number of esters is 1. The van der Waals surface area contributed by atoms with E-state index in [0.717, 1.165) is 62.9 Å². The molecule has 1 atom stereocenters. The number of thioether (sulfide) groups is 1. The van der Waals surface area contributed by atoms with E-state index in [1.165, 1.54) is 12.8 Å². The van der Waals surface area contributed by atoms with Crippen molar-refractivity contribution in [2.75, 3.05) is 18.1 Å². The molecule has 0 fully saturated rings. The molecule has 0 saturated carbocycles. The van der Waals surface area contributed by atoms with Crippen molar-refractivity contribution in [2.45, 2.75) is 104 Å². The third-order valence-corrected chi connectivity index (χ3v) is 6.01. The fourth-order valence-corrected chi connectivity index (χ4v) is 3.95. The van der Waals surface area contributed by atoms with Gasteiger partial charge in [0.15, 0.2) is 0 Å². The molecule has 0 aliphatic carbocycles. The standard InChI is InChI=1S/C23H43NO5S/c1-4-5-16-29-23(28)22(19(2)3)24-20(25)14-10-7-6-8-12-17-30-18-13-9-11-15-21(26)27/h19,22H,4-18H2,1-3H3,(H,24,25)(H,26,27). The van der Waals surface area contributed by atoms with E-state index in [1.54, 1.807) is 0 Å². The maximum atomic E-state index is 12.2. The van der Waals surface area contributed by atoms with Gasteiger partial charge in [-0.25, -0.2) is 4.79 Å². The third kappa shape index (κ3) is 17.6. The first-order chi connectivity index (χ1) is 14.4. The second-order valence-electron chi connectivity index (χ2n) is 8.14. The molecule has 1 amide bonds. The number of ether oxygens (including phenoxy) is 1. The summed E-state index contributed by atoms with van der Waals surface area (Å²) in [6.07, 6.45) is 10.8. The highest BCUT2D eigenvalue weighted by atomic mass is 32.2. The molecule has 1 unspecified atom stereocenters. The molecule has 0 bridgehead atoms. The van der Waals surface area contributed by atoms with E-state index in [4.69, 9.17) is 9.84 Å².